The molecule has 3 rings (SSSR count). The molecule has 0 bridgehead atoms. The first-order valence-corrected chi connectivity index (χ1v) is 7.89. The number of fused-ring (bicyclic) bond motifs is 1. The van der Waals surface area contributed by atoms with Crippen molar-refractivity contribution < 1.29 is 4.92 Å². The van der Waals surface area contributed by atoms with Crippen molar-refractivity contribution in [1.29, 1.82) is 0 Å². The first-order chi connectivity index (χ1) is 12.1. The highest BCUT2D eigenvalue weighted by molar-refractivity contribution is 5.80. The van der Waals surface area contributed by atoms with Crippen LogP contribution >= 0.6 is 0 Å². The molecular formula is C18H16N4O3. The molecule has 126 valence electrons. The lowest BCUT2D eigenvalue weighted by Crippen LogP contribution is -2.22. The number of nitrogens with zero attached hydrogens (tertiary/aromatic N) is 4. The Kier molecular flexibility index (Phi) is 4.65. The zero-order valence-electron chi connectivity index (χ0n) is 13.6. The normalized spacial score (nSPS) is 11.2. The van der Waals surface area contributed by atoms with Gasteiger partial charge >= 0.3 is 0 Å². The van der Waals surface area contributed by atoms with Crippen LogP contribution in [0.15, 0.2) is 58.4 Å². The maximum atomic E-state index is 12.7. The summed E-state index contributed by atoms with van der Waals surface area (Å²) in [5.41, 5.74) is 1.09. The monoisotopic (exact) mass is 336 g/mol. The average Bonchev–Trinajstić information content (AvgIpc) is 2.62. The van der Waals surface area contributed by atoms with Gasteiger partial charge in [-0.2, -0.15) is 9.78 Å². The van der Waals surface area contributed by atoms with Gasteiger partial charge in [-0.3, -0.25) is 14.9 Å². The van der Waals surface area contributed by atoms with E-state index in [0.717, 1.165) is 6.42 Å². The maximum absolute atomic E-state index is 12.7. The van der Waals surface area contributed by atoms with Gasteiger partial charge in [0.2, 0.25) is 0 Å². The molecule has 0 fully saturated rings. The third kappa shape index (κ3) is 3.45. The molecule has 0 spiro atoms. The van der Waals surface area contributed by atoms with Crippen molar-refractivity contribution in [2.75, 3.05) is 0 Å². The molecule has 0 amide bonds. The number of benzene rings is 2. The number of aromatic nitrogens is 2. The van der Waals surface area contributed by atoms with Crippen LogP contribution in [0.5, 0.6) is 0 Å². The molecule has 0 radical (unpaired) electrons. The molecule has 1 aromatic heterocycles. The van der Waals surface area contributed by atoms with Crippen LogP contribution in [0.25, 0.3) is 10.9 Å². The van der Waals surface area contributed by atoms with Crippen LogP contribution in [-0.2, 0) is 6.42 Å². The van der Waals surface area contributed by atoms with Crippen LogP contribution in [0.3, 0.4) is 0 Å². The van der Waals surface area contributed by atoms with E-state index in [1.165, 1.54) is 23.0 Å². The Balaban J connectivity index is 2.04. The van der Waals surface area contributed by atoms with E-state index in [4.69, 9.17) is 0 Å². The molecule has 0 aliphatic carbocycles. The van der Waals surface area contributed by atoms with Crippen LogP contribution in [-0.4, -0.2) is 20.8 Å². The maximum Gasteiger partial charge on any atom is 0.282 e. The third-order valence-corrected chi connectivity index (χ3v) is 3.72. The summed E-state index contributed by atoms with van der Waals surface area (Å²) in [7, 11) is 0. The molecule has 0 aliphatic rings. The number of rotatable bonds is 5. The van der Waals surface area contributed by atoms with Crippen molar-refractivity contribution in [1.82, 2.24) is 9.66 Å². The van der Waals surface area contributed by atoms with Crippen molar-refractivity contribution in [3.8, 4) is 0 Å². The van der Waals surface area contributed by atoms with E-state index in [-0.39, 0.29) is 11.2 Å². The SMILES string of the molecule is CCCc1nc2ccccc2c(=O)n1/N=C\c1ccc([N+](=O)[O-])cc1. The fourth-order valence-electron chi connectivity index (χ4n) is 2.48. The fraction of sp³-hybridized carbons (Fsp3) is 0.167. The molecule has 3 aromatic rings. The lowest BCUT2D eigenvalue weighted by molar-refractivity contribution is -0.384. The van der Waals surface area contributed by atoms with Crippen molar-refractivity contribution in [3.05, 3.63) is 80.4 Å². The molecule has 0 aliphatic heterocycles. The second-order valence-corrected chi connectivity index (χ2v) is 5.51. The van der Waals surface area contributed by atoms with Gasteiger partial charge in [0.1, 0.15) is 5.82 Å². The van der Waals surface area contributed by atoms with Gasteiger partial charge < -0.3 is 0 Å². The van der Waals surface area contributed by atoms with Crippen LogP contribution < -0.4 is 5.56 Å². The molecule has 0 saturated carbocycles. The summed E-state index contributed by atoms with van der Waals surface area (Å²) < 4.78 is 1.30. The van der Waals surface area contributed by atoms with Crippen molar-refractivity contribution in [2.24, 2.45) is 5.10 Å². The van der Waals surface area contributed by atoms with E-state index >= 15 is 0 Å². The van der Waals surface area contributed by atoms with E-state index in [1.54, 1.807) is 30.3 Å². The summed E-state index contributed by atoms with van der Waals surface area (Å²) in [4.78, 5) is 27.5. The largest absolute Gasteiger partial charge is 0.282 e. The van der Waals surface area contributed by atoms with E-state index < -0.39 is 4.92 Å². The highest BCUT2D eigenvalue weighted by atomic mass is 16.6. The Morgan fingerprint density at radius 1 is 1.20 bits per heavy atom. The van der Waals surface area contributed by atoms with Gasteiger partial charge in [-0.25, -0.2) is 4.98 Å². The van der Waals surface area contributed by atoms with Crippen molar-refractivity contribution in [3.63, 3.8) is 0 Å². The summed E-state index contributed by atoms with van der Waals surface area (Å²) >= 11 is 0. The average molecular weight is 336 g/mol. The lowest BCUT2D eigenvalue weighted by atomic mass is 10.2. The number of nitro benzene ring substituents is 1. The van der Waals surface area contributed by atoms with Gasteiger partial charge in [0.15, 0.2) is 0 Å². The summed E-state index contributed by atoms with van der Waals surface area (Å²) in [6.07, 6.45) is 2.95. The zero-order valence-corrected chi connectivity index (χ0v) is 13.6. The number of para-hydroxylation sites is 1. The van der Waals surface area contributed by atoms with Gasteiger partial charge in [-0.05, 0) is 36.2 Å². The minimum absolute atomic E-state index is 0.00774. The molecule has 25 heavy (non-hydrogen) atoms. The predicted molar refractivity (Wildman–Crippen MR) is 96.1 cm³/mol. The Bertz CT molecular complexity index is 1010. The summed E-state index contributed by atoms with van der Waals surface area (Å²) in [6.45, 7) is 2.01. The van der Waals surface area contributed by atoms with E-state index in [0.29, 0.717) is 28.7 Å². The van der Waals surface area contributed by atoms with Gasteiger partial charge in [-0.15, -0.1) is 0 Å². The molecule has 7 heteroatoms. The number of hydrogen-bond acceptors (Lipinski definition) is 5. The van der Waals surface area contributed by atoms with Crippen LogP contribution in [0.1, 0.15) is 24.7 Å². The highest BCUT2D eigenvalue weighted by Crippen LogP contribution is 2.12. The fourth-order valence-corrected chi connectivity index (χ4v) is 2.48. The minimum atomic E-state index is -0.460. The van der Waals surface area contributed by atoms with Gasteiger partial charge in [0.25, 0.3) is 11.2 Å². The van der Waals surface area contributed by atoms with E-state index in [1.807, 2.05) is 13.0 Å². The molecule has 2 aromatic carbocycles. The summed E-state index contributed by atoms with van der Waals surface area (Å²) in [5, 5.41) is 15.5. The Hall–Kier alpha value is -3.35. The Labute approximate surface area is 143 Å². The second kappa shape index (κ2) is 7.04. The molecule has 1 heterocycles. The zero-order chi connectivity index (χ0) is 17.8. The van der Waals surface area contributed by atoms with Crippen molar-refractivity contribution in [2.45, 2.75) is 19.8 Å². The van der Waals surface area contributed by atoms with Crippen LogP contribution in [0.2, 0.25) is 0 Å². The van der Waals surface area contributed by atoms with Gasteiger partial charge in [0, 0.05) is 18.6 Å². The first kappa shape index (κ1) is 16.5. The number of aryl methyl sites for hydroxylation is 1. The van der Waals surface area contributed by atoms with Gasteiger partial charge in [-0.1, -0.05) is 19.1 Å². The molecule has 0 atom stereocenters. The Morgan fingerprint density at radius 3 is 2.60 bits per heavy atom. The smallest absolute Gasteiger partial charge is 0.267 e. The summed E-state index contributed by atoms with van der Waals surface area (Å²) in [6, 6.07) is 13.1. The standard InChI is InChI=1S/C18H16N4O3/c1-2-5-17-20-16-7-4-3-6-15(16)18(23)21(17)19-12-13-8-10-14(11-9-13)22(24)25/h3-4,6-12H,2,5H2,1H3/b19-12-. The van der Waals surface area contributed by atoms with Crippen LogP contribution in [0.4, 0.5) is 5.69 Å². The van der Waals surface area contributed by atoms with E-state index in [2.05, 4.69) is 10.1 Å². The first-order valence-electron chi connectivity index (χ1n) is 7.89. The number of nitro groups is 1. The van der Waals surface area contributed by atoms with Gasteiger partial charge in [0.05, 0.1) is 22.0 Å². The minimum Gasteiger partial charge on any atom is -0.267 e. The quantitative estimate of drug-likeness (QED) is 0.406. The Morgan fingerprint density at radius 2 is 1.92 bits per heavy atom. The highest BCUT2D eigenvalue weighted by Gasteiger charge is 2.09. The molecule has 0 N–H and O–H groups in total. The molecule has 0 unspecified atom stereocenters. The molecule has 7 nitrogen and oxygen atoms in total. The third-order valence-electron chi connectivity index (χ3n) is 3.72. The topological polar surface area (TPSA) is 90.4 Å². The number of non-ortho nitro benzene ring substituents is 1. The summed E-state index contributed by atoms with van der Waals surface area (Å²) in [5.74, 6) is 0.587. The van der Waals surface area contributed by atoms with Crippen LogP contribution in [0, 0.1) is 10.1 Å². The lowest BCUT2D eigenvalue weighted by Gasteiger charge is -2.08. The second-order valence-electron chi connectivity index (χ2n) is 5.51. The predicted octanol–water partition coefficient (Wildman–Crippen LogP) is 3.14. The molecule has 0 saturated heterocycles. The molecular weight excluding hydrogens is 320 g/mol. The number of hydrogen-bond donors (Lipinski definition) is 0. The van der Waals surface area contributed by atoms with Crippen molar-refractivity contribution >= 4 is 22.8 Å². The van der Waals surface area contributed by atoms with E-state index in [9.17, 15) is 14.9 Å².